The second-order valence-electron chi connectivity index (χ2n) is 9.81. The molecule has 2 aromatic heterocycles. The van der Waals surface area contributed by atoms with E-state index in [1.54, 1.807) is 0 Å². The van der Waals surface area contributed by atoms with E-state index in [0.717, 1.165) is 53.0 Å². The Morgan fingerprint density at radius 3 is 2.66 bits per heavy atom. The molecule has 0 unspecified atom stereocenters. The number of carbonyl (C=O) groups is 1. The zero-order chi connectivity index (χ0) is 26.7. The Balaban J connectivity index is 1.34. The lowest BCUT2D eigenvalue weighted by Crippen LogP contribution is -2.12. The van der Waals surface area contributed by atoms with Crippen molar-refractivity contribution < 1.29 is 14.3 Å². The summed E-state index contributed by atoms with van der Waals surface area (Å²) < 4.78 is 14.9. The molecule has 1 N–H and O–H groups in total. The summed E-state index contributed by atoms with van der Waals surface area (Å²) in [4.78, 5) is 16.0. The summed E-state index contributed by atoms with van der Waals surface area (Å²) in [5.41, 5.74) is 4.77. The molecular formula is C30H26Cl2FNO2S2. The van der Waals surface area contributed by atoms with Gasteiger partial charge in [-0.3, -0.25) is 4.79 Å². The molecular weight excluding hydrogens is 560 g/mol. The average Bonchev–Trinajstić information content (AvgIpc) is 3.60. The van der Waals surface area contributed by atoms with E-state index in [4.69, 9.17) is 23.2 Å². The highest BCUT2D eigenvalue weighted by atomic mass is 35.5. The van der Waals surface area contributed by atoms with E-state index in [1.807, 2.05) is 48.2 Å². The van der Waals surface area contributed by atoms with Crippen molar-refractivity contribution in [3.8, 4) is 0 Å². The van der Waals surface area contributed by atoms with Crippen LogP contribution in [0.2, 0.25) is 9.36 Å². The van der Waals surface area contributed by atoms with Gasteiger partial charge in [0.2, 0.25) is 0 Å². The number of carboxylic acids is 1. The first-order chi connectivity index (χ1) is 18.3. The number of fused-ring (bicyclic) bond motifs is 1. The molecule has 0 spiro atoms. The number of pyridine rings is 1. The third kappa shape index (κ3) is 6.78. The van der Waals surface area contributed by atoms with Crippen LogP contribution in [0.15, 0.2) is 60.7 Å². The fourth-order valence-corrected chi connectivity index (χ4v) is 7.50. The van der Waals surface area contributed by atoms with Crippen molar-refractivity contribution in [1.82, 2.24) is 4.98 Å². The number of halogens is 3. The van der Waals surface area contributed by atoms with Gasteiger partial charge in [-0.05, 0) is 78.1 Å². The lowest BCUT2D eigenvalue weighted by molar-refractivity contribution is -0.138. The molecule has 0 aliphatic heterocycles. The number of hydrogen-bond donors (Lipinski definition) is 1. The van der Waals surface area contributed by atoms with Gasteiger partial charge in [-0.2, -0.15) is 11.8 Å². The fraction of sp³-hybridized carbons (Fsp3) is 0.267. The number of aryl methyl sites for hydroxylation is 1. The number of carboxylic acid groups (broad SMARTS) is 1. The van der Waals surface area contributed by atoms with E-state index in [0.29, 0.717) is 14.9 Å². The highest BCUT2D eigenvalue weighted by Gasteiger charge is 2.44. The molecule has 3 nitrogen and oxygen atoms in total. The van der Waals surface area contributed by atoms with Crippen molar-refractivity contribution >= 4 is 74.6 Å². The van der Waals surface area contributed by atoms with Crippen molar-refractivity contribution in [3.05, 3.63) is 98.2 Å². The Hall–Kier alpha value is -2.38. The van der Waals surface area contributed by atoms with Gasteiger partial charge in [0.15, 0.2) is 0 Å². The summed E-state index contributed by atoms with van der Waals surface area (Å²) >= 11 is 15.7. The first kappa shape index (κ1) is 27.2. The number of thiophene rings is 1. The molecule has 1 saturated carbocycles. The third-order valence-corrected chi connectivity index (χ3v) is 10.5. The number of aliphatic carboxylic acids is 1. The Kier molecular flexibility index (Phi) is 8.44. The number of hydrogen-bond acceptors (Lipinski definition) is 4. The van der Waals surface area contributed by atoms with E-state index in [-0.39, 0.29) is 22.9 Å². The monoisotopic (exact) mass is 585 g/mol. The molecule has 0 radical (unpaired) electrons. The highest BCUT2D eigenvalue weighted by molar-refractivity contribution is 7.99. The summed E-state index contributed by atoms with van der Waals surface area (Å²) in [6, 6.07) is 19.0. The number of rotatable bonds is 11. The Labute approximate surface area is 239 Å². The van der Waals surface area contributed by atoms with Crippen LogP contribution in [0.3, 0.4) is 0 Å². The third-order valence-electron chi connectivity index (χ3n) is 6.87. The van der Waals surface area contributed by atoms with Gasteiger partial charge in [0.25, 0.3) is 0 Å². The molecule has 8 heteroatoms. The summed E-state index contributed by atoms with van der Waals surface area (Å²) in [5, 5.41) is 10.0. The van der Waals surface area contributed by atoms with E-state index < -0.39 is 5.97 Å². The van der Waals surface area contributed by atoms with Crippen LogP contribution < -0.4 is 0 Å². The maximum atomic E-state index is 13.4. The van der Waals surface area contributed by atoms with Gasteiger partial charge in [0.05, 0.1) is 21.8 Å². The maximum absolute atomic E-state index is 13.4. The molecule has 2 aromatic carbocycles. The second kappa shape index (κ2) is 11.8. The van der Waals surface area contributed by atoms with Gasteiger partial charge >= 0.3 is 5.97 Å². The van der Waals surface area contributed by atoms with Gasteiger partial charge in [0.1, 0.15) is 15.7 Å². The molecule has 196 valence electrons. The normalized spacial score (nSPS) is 15.2. The summed E-state index contributed by atoms with van der Waals surface area (Å²) in [6.07, 6.45) is 7.86. The molecule has 1 atom stereocenters. The lowest BCUT2D eigenvalue weighted by Gasteiger charge is -2.21. The van der Waals surface area contributed by atoms with E-state index in [9.17, 15) is 14.3 Å². The molecule has 0 amide bonds. The predicted octanol–water partition coefficient (Wildman–Crippen LogP) is 9.57. The van der Waals surface area contributed by atoms with Crippen molar-refractivity contribution in [2.45, 2.75) is 37.4 Å². The van der Waals surface area contributed by atoms with Gasteiger partial charge < -0.3 is 5.11 Å². The van der Waals surface area contributed by atoms with E-state index in [1.165, 1.54) is 29.0 Å². The summed E-state index contributed by atoms with van der Waals surface area (Å²) in [6.45, 7) is 0. The van der Waals surface area contributed by atoms with Crippen LogP contribution in [-0.2, 0) is 11.2 Å². The van der Waals surface area contributed by atoms with Gasteiger partial charge in [-0.15, -0.1) is 11.3 Å². The molecule has 5 rings (SSSR count). The van der Waals surface area contributed by atoms with Crippen LogP contribution in [0.5, 0.6) is 0 Å². The zero-order valence-corrected chi connectivity index (χ0v) is 23.6. The van der Waals surface area contributed by atoms with E-state index in [2.05, 4.69) is 29.2 Å². The minimum atomic E-state index is -0.726. The smallest absolute Gasteiger partial charge is 0.303 e. The van der Waals surface area contributed by atoms with Crippen molar-refractivity contribution in [1.29, 1.82) is 0 Å². The van der Waals surface area contributed by atoms with Crippen LogP contribution in [0.4, 0.5) is 4.39 Å². The first-order valence-electron chi connectivity index (χ1n) is 12.4. The minimum Gasteiger partial charge on any atom is -0.481 e. The van der Waals surface area contributed by atoms with Crippen LogP contribution in [0, 0.1) is 11.2 Å². The second-order valence-corrected chi connectivity index (χ2v) is 13.0. The molecule has 1 aliphatic carbocycles. The summed E-state index contributed by atoms with van der Waals surface area (Å²) in [7, 11) is 0. The lowest BCUT2D eigenvalue weighted by atomic mass is 10.0. The van der Waals surface area contributed by atoms with Crippen LogP contribution in [0.1, 0.15) is 53.3 Å². The van der Waals surface area contributed by atoms with Crippen LogP contribution in [0.25, 0.3) is 22.4 Å². The average molecular weight is 587 g/mol. The molecule has 1 aliphatic rings. The van der Waals surface area contributed by atoms with E-state index >= 15 is 0 Å². The van der Waals surface area contributed by atoms with Gasteiger partial charge in [0, 0.05) is 11.0 Å². The Morgan fingerprint density at radius 2 is 1.92 bits per heavy atom. The van der Waals surface area contributed by atoms with Crippen LogP contribution >= 0.6 is 46.3 Å². The molecule has 2 heterocycles. The van der Waals surface area contributed by atoms with Crippen molar-refractivity contribution in [2.75, 3.05) is 5.75 Å². The zero-order valence-electron chi connectivity index (χ0n) is 20.5. The quantitative estimate of drug-likeness (QED) is 0.190. The molecule has 38 heavy (non-hydrogen) atoms. The molecule has 0 bridgehead atoms. The summed E-state index contributed by atoms with van der Waals surface area (Å²) in [5.74, 6) is -0.140. The molecule has 0 saturated heterocycles. The maximum Gasteiger partial charge on any atom is 0.303 e. The largest absolute Gasteiger partial charge is 0.481 e. The van der Waals surface area contributed by atoms with Crippen molar-refractivity contribution in [3.63, 3.8) is 0 Å². The Bertz CT molecular complexity index is 1480. The standard InChI is InChI=1S/C30H26Cl2FNO2S2/c31-27-28-25(38-29(27)32)13-11-23(34-28)10-6-20-2-1-3-21(16-20)24(12-7-19-4-8-22(33)9-5-19)37-18-30(14-15-30)17-26(35)36/h1-6,8-11,13,16,24H,7,12,14-15,17-18H2,(H,35,36)/b10-6+/t24-/m1/s1. The highest BCUT2D eigenvalue weighted by Crippen LogP contribution is 2.53. The van der Waals surface area contributed by atoms with Gasteiger partial charge in [-0.25, -0.2) is 9.37 Å². The Morgan fingerprint density at radius 1 is 1.13 bits per heavy atom. The predicted molar refractivity (Wildman–Crippen MR) is 159 cm³/mol. The number of nitrogens with zero attached hydrogens (tertiary/aromatic N) is 1. The number of aromatic nitrogens is 1. The van der Waals surface area contributed by atoms with Crippen molar-refractivity contribution in [2.24, 2.45) is 5.41 Å². The molecule has 1 fully saturated rings. The minimum absolute atomic E-state index is 0.0850. The van der Waals surface area contributed by atoms with Crippen LogP contribution in [-0.4, -0.2) is 21.8 Å². The SMILES string of the molecule is O=C(O)CC1(CS[C@H](CCc2ccc(F)cc2)c2cccc(/C=C/c3ccc4sc(Cl)c(Cl)c4n3)c2)CC1. The number of thioether (sulfide) groups is 1. The number of benzene rings is 2. The fourth-order valence-electron chi connectivity index (χ4n) is 4.52. The molecule has 4 aromatic rings. The first-order valence-corrected chi connectivity index (χ1v) is 15.0. The topological polar surface area (TPSA) is 50.2 Å². The van der Waals surface area contributed by atoms with Gasteiger partial charge in [-0.1, -0.05) is 65.7 Å².